The zero-order chi connectivity index (χ0) is 21.4. The first-order valence-electron chi connectivity index (χ1n) is 9.19. The van der Waals surface area contributed by atoms with E-state index < -0.39 is 0 Å². The van der Waals surface area contributed by atoms with Crippen LogP contribution >= 0.6 is 34.4 Å². The Morgan fingerprint density at radius 3 is 2.70 bits per heavy atom. The molecule has 1 aromatic carbocycles. The van der Waals surface area contributed by atoms with Crippen molar-refractivity contribution in [1.82, 2.24) is 14.5 Å². The molecular formula is C21H21N3O3S3. The van der Waals surface area contributed by atoms with Crippen molar-refractivity contribution in [3.8, 4) is 22.1 Å². The van der Waals surface area contributed by atoms with Gasteiger partial charge < -0.3 is 9.47 Å². The van der Waals surface area contributed by atoms with Crippen molar-refractivity contribution < 1.29 is 9.47 Å². The van der Waals surface area contributed by atoms with Crippen molar-refractivity contribution in [2.75, 3.05) is 14.2 Å². The molecule has 0 fully saturated rings. The largest absolute Gasteiger partial charge is 0.497 e. The first-order chi connectivity index (χ1) is 14.4. The smallest absolute Gasteiger partial charge is 0.262 e. The maximum atomic E-state index is 12.8. The number of thiophene rings is 1. The lowest BCUT2D eigenvalue weighted by atomic mass is 10.2. The molecule has 0 N–H and O–H groups in total. The highest BCUT2D eigenvalue weighted by Crippen LogP contribution is 2.36. The molecule has 0 aliphatic heterocycles. The molecule has 3 heterocycles. The Hall–Kier alpha value is -2.36. The third-order valence-corrected chi connectivity index (χ3v) is 8.00. The molecule has 0 aliphatic rings. The number of methoxy groups -OCH3 is 2. The lowest BCUT2D eigenvalue weighted by Gasteiger charge is -2.08. The van der Waals surface area contributed by atoms with Crippen molar-refractivity contribution in [3.05, 3.63) is 50.1 Å². The second-order valence-electron chi connectivity index (χ2n) is 6.72. The Kier molecular flexibility index (Phi) is 5.86. The lowest BCUT2D eigenvalue weighted by molar-refractivity contribution is 0.395. The highest BCUT2D eigenvalue weighted by Gasteiger charge is 2.16. The quantitative estimate of drug-likeness (QED) is 0.297. The standard InChI is InChI=1S/C21H21N3O3S3/c1-11-12(2)30-19-17(11)20(25)24(3)21(23-19)29-10-13-9-28-18(22-13)15-7-6-14(26-4)8-16(15)27-5/h6-9H,10H2,1-5H3. The Balaban J connectivity index is 1.59. The number of thiazole rings is 1. The maximum Gasteiger partial charge on any atom is 0.262 e. The summed E-state index contributed by atoms with van der Waals surface area (Å²) in [6.07, 6.45) is 0. The summed E-state index contributed by atoms with van der Waals surface area (Å²) in [6.45, 7) is 4.01. The van der Waals surface area contributed by atoms with E-state index >= 15 is 0 Å². The average Bonchev–Trinajstić information content (AvgIpc) is 3.33. The van der Waals surface area contributed by atoms with Crippen molar-refractivity contribution in [2.45, 2.75) is 24.8 Å². The number of ether oxygens (including phenoxy) is 2. The highest BCUT2D eigenvalue weighted by molar-refractivity contribution is 7.98. The number of benzene rings is 1. The van der Waals surface area contributed by atoms with Gasteiger partial charge >= 0.3 is 0 Å². The fraction of sp³-hybridized carbons (Fsp3) is 0.286. The third-order valence-electron chi connectivity index (χ3n) is 4.91. The monoisotopic (exact) mass is 459 g/mol. The number of aromatic nitrogens is 3. The van der Waals surface area contributed by atoms with E-state index in [1.165, 1.54) is 11.8 Å². The SMILES string of the molecule is COc1ccc(-c2nc(CSc3nc4sc(C)c(C)c4c(=O)n3C)cs2)c(OC)c1. The van der Waals surface area contributed by atoms with Gasteiger partial charge in [-0.1, -0.05) is 11.8 Å². The Morgan fingerprint density at radius 1 is 1.17 bits per heavy atom. The van der Waals surface area contributed by atoms with Crippen LogP contribution in [0, 0.1) is 13.8 Å². The van der Waals surface area contributed by atoms with Crippen LogP contribution in [-0.4, -0.2) is 28.8 Å². The van der Waals surface area contributed by atoms with Crippen LogP contribution in [0.25, 0.3) is 20.8 Å². The number of rotatable bonds is 6. The number of aryl methyl sites for hydroxylation is 2. The highest BCUT2D eigenvalue weighted by atomic mass is 32.2. The van der Waals surface area contributed by atoms with E-state index in [1.54, 1.807) is 48.5 Å². The van der Waals surface area contributed by atoms with Gasteiger partial charge in [-0.2, -0.15) is 0 Å². The minimum absolute atomic E-state index is 0.00582. The molecule has 3 aromatic heterocycles. The second kappa shape index (κ2) is 8.41. The third kappa shape index (κ3) is 3.73. The van der Waals surface area contributed by atoms with Crippen LogP contribution in [0.15, 0.2) is 33.5 Å². The summed E-state index contributed by atoms with van der Waals surface area (Å²) >= 11 is 4.65. The molecule has 0 bridgehead atoms. The van der Waals surface area contributed by atoms with Gasteiger partial charge in [-0.15, -0.1) is 22.7 Å². The molecule has 0 saturated heterocycles. The molecule has 6 nitrogen and oxygen atoms in total. The Labute approximate surface area is 186 Å². The van der Waals surface area contributed by atoms with Gasteiger partial charge in [0.15, 0.2) is 5.16 Å². The molecule has 9 heteroatoms. The van der Waals surface area contributed by atoms with Gasteiger partial charge in [0.2, 0.25) is 0 Å². The molecule has 0 spiro atoms. The zero-order valence-corrected chi connectivity index (χ0v) is 19.8. The van der Waals surface area contributed by atoms with E-state index in [4.69, 9.17) is 19.4 Å². The molecule has 0 radical (unpaired) electrons. The lowest BCUT2D eigenvalue weighted by Crippen LogP contribution is -2.19. The fourth-order valence-electron chi connectivity index (χ4n) is 3.10. The van der Waals surface area contributed by atoms with E-state index in [0.29, 0.717) is 10.9 Å². The molecule has 0 atom stereocenters. The molecule has 0 aliphatic carbocycles. The van der Waals surface area contributed by atoms with E-state index in [0.717, 1.165) is 48.4 Å². The Bertz CT molecular complexity index is 1290. The molecule has 4 rings (SSSR count). The van der Waals surface area contributed by atoms with Crippen LogP contribution in [0.3, 0.4) is 0 Å². The summed E-state index contributed by atoms with van der Waals surface area (Å²) in [5.41, 5.74) is 2.89. The van der Waals surface area contributed by atoms with E-state index in [9.17, 15) is 4.79 Å². The van der Waals surface area contributed by atoms with Gasteiger partial charge in [-0.05, 0) is 31.5 Å². The van der Waals surface area contributed by atoms with Crippen LogP contribution in [0.2, 0.25) is 0 Å². The summed E-state index contributed by atoms with van der Waals surface area (Å²) < 4.78 is 12.4. The average molecular weight is 460 g/mol. The molecular weight excluding hydrogens is 438 g/mol. The molecule has 0 unspecified atom stereocenters. The summed E-state index contributed by atoms with van der Waals surface area (Å²) in [6, 6.07) is 5.70. The first-order valence-corrected chi connectivity index (χ1v) is 11.9. The van der Waals surface area contributed by atoms with Gasteiger partial charge in [-0.25, -0.2) is 9.97 Å². The van der Waals surface area contributed by atoms with Crippen LogP contribution in [0.4, 0.5) is 0 Å². The maximum absolute atomic E-state index is 12.8. The second-order valence-corrected chi connectivity index (χ2v) is 9.72. The zero-order valence-electron chi connectivity index (χ0n) is 17.3. The number of nitrogens with zero attached hydrogens (tertiary/aromatic N) is 3. The normalized spacial score (nSPS) is 11.2. The van der Waals surface area contributed by atoms with Crippen molar-refractivity contribution >= 4 is 44.7 Å². The number of hydrogen-bond donors (Lipinski definition) is 0. The molecule has 4 aromatic rings. The van der Waals surface area contributed by atoms with Gasteiger partial charge in [-0.3, -0.25) is 9.36 Å². The van der Waals surface area contributed by atoms with Gasteiger partial charge in [0.25, 0.3) is 5.56 Å². The summed E-state index contributed by atoms with van der Waals surface area (Å²) in [5.74, 6) is 2.09. The molecule has 0 saturated carbocycles. The summed E-state index contributed by atoms with van der Waals surface area (Å²) in [4.78, 5) is 24.2. The number of fused-ring (bicyclic) bond motifs is 1. The van der Waals surface area contributed by atoms with Gasteiger partial charge in [0, 0.05) is 29.1 Å². The fourth-order valence-corrected chi connectivity index (χ4v) is 5.99. The summed E-state index contributed by atoms with van der Waals surface area (Å²) in [7, 11) is 5.04. The predicted octanol–water partition coefficient (Wildman–Crippen LogP) is 5.04. The first kappa shape index (κ1) is 20.9. The minimum atomic E-state index is 0.00582. The van der Waals surface area contributed by atoms with Gasteiger partial charge in [0.1, 0.15) is 21.3 Å². The van der Waals surface area contributed by atoms with Crippen LogP contribution in [0.5, 0.6) is 11.5 Å². The topological polar surface area (TPSA) is 66.2 Å². The van der Waals surface area contributed by atoms with Crippen LogP contribution < -0.4 is 15.0 Å². The van der Waals surface area contributed by atoms with Crippen molar-refractivity contribution in [2.24, 2.45) is 7.05 Å². The van der Waals surface area contributed by atoms with E-state index in [-0.39, 0.29) is 5.56 Å². The minimum Gasteiger partial charge on any atom is -0.497 e. The predicted molar refractivity (Wildman–Crippen MR) is 125 cm³/mol. The van der Waals surface area contributed by atoms with Crippen LogP contribution in [-0.2, 0) is 12.8 Å². The Morgan fingerprint density at radius 2 is 1.97 bits per heavy atom. The molecule has 30 heavy (non-hydrogen) atoms. The number of thioether (sulfide) groups is 1. The van der Waals surface area contributed by atoms with Crippen molar-refractivity contribution in [1.29, 1.82) is 0 Å². The molecule has 0 amide bonds. The summed E-state index contributed by atoms with van der Waals surface area (Å²) in [5, 5.41) is 4.34. The van der Waals surface area contributed by atoms with Crippen LogP contribution in [0.1, 0.15) is 16.1 Å². The van der Waals surface area contributed by atoms with Crippen molar-refractivity contribution in [3.63, 3.8) is 0 Å². The molecule has 156 valence electrons. The van der Waals surface area contributed by atoms with E-state index in [2.05, 4.69) is 0 Å². The van der Waals surface area contributed by atoms with Gasteiger partial charge in [0.05, 0.1) is 30.9 Å². The van der Waals surface area contributed by atoms with E-state index in [1.807, 2.05) is 37.4 Å². The number of hydrogen-bond acceptors (Lipinski definition) is 8.